The van der Waals surface area contributed by atoms with Crippen LogP contribution in [0.25, 0.3) is 0 Å². The SMILES string of the molecule is COC(=O)c1cc(OC(F)(F)F)c(Cl)cn1. The van der Waals surface area contributed by atoms with E-state index in [0.29, 0.717) is 0 Å². The van der Waals surface area contributed by atoms with Crippen molar-refractivity contribution in [2.75, 3.05) is 7.11 Å². The summed E-state index contributed by atoms with van der Waals surface area (Å²) in [5.74, 6) is -1.59. The minimum atomic E-state index is -4.89. The normalized spacial score (nSPS) is 11.1. The Hall–Kier alpha value is -1.50. The Morgan fingerprint density at radius 2 is 2.12 bits per heavy atom. The highest BCUT2D eigenvalue weighted by Crippen LogP contribution is 2.29. The molecule has 0 saturated heterocycles. The van der Waals surface area contributed by atoms with Crippen molar-refractivity contribution < 1.29 is 27.4 Å². The van der Waals surface area contributed by atoms with Gasteiger partial charge in [0.25, 0.3) is 0 Å². The summed E-state index contributed by atoms with van der Waals surface area (Å²) in [5.41, 5.74) is -0.328. The smallest absolute Gasteiger partial charge is 0.464 e. The standard InChI is InChI=1S/C8H5ClF3NO3/c1-15-7(14)5-2-6(4(9)3-13-5)16-8(10,11)12/h2-3H,1H3. The number of nitrogens with zero attached hydrogens (tertiary/aromatic N) is 1. The highest BCUT2D eigenvalue weighted by molar-refractivity contribution is 6.32. The van der Waals surface area contributed by atoms with Crippen molar-refractivity contribution in [3.63, 3.8) is 0 Å². The van der Waals surface area contributed by atoms with Crippen molar-refractivity contribution in [2.45, 2.75) is 6.36 Å². The van der Waals surface area contributed by atoms with Crippen LogP contribution in [0.3, 0.4) is 0 Å². The van der Waals surface area contributed by atoms with Crippen LogP contribution >= 0.6 is 11.6 Å². The number of methoxy groups -OCH3 is 1. The summed E-state index contributed by atoms with van der Waals surface area (Å²) in [7, 11) is 1.07. The summed E-state index contributed by atoms with van der Waals surface area (Å²) in [4.78, 5) is 14.5. The molecule has 0 aromatic carbocycles. The monoisotopic (exact) mass is 255 g/mol. The van der Waals surface area contributed by atoms with Gasteiger partial charge < -0.3 is 9.47 Å². The van der Waals surface area contributed by atoms with E-state index in [4.69, 9.17) is 11.6 Å². The van der Waals surface area contributed by atoms with Crippen LogP contribution in [0.2, 0.25) is 5.02 Å². The van der Waals surface area contributed by atoms with Gasteiger partial charge in [0.2, 0.25) is 0 Å². The van der Waals surface area contributed by atoms with E-state index in [-0.39, 0.29) is 10.7 Å². The number of halogens is 4. The second kappa shape index (κ2) is 4.56. The molecule has 0 radical (unpaired) electrons. The van der Waals surface area contributed by atoms with E-state index in [9.17, 15) is 18.0 Å². The number of aromatic nitrogens is 1. The number of carbonyl (C=O) groups excluding carboxylic acids is 1. The molecule has 8 heteroatoms. The molecule has 0 spiro atoms. The minimum Gasteiger partial charge on any atom is -0.464 e. The highest BCUT2D eigenvalue weighted by Gasteiger charge is 2.32. The van der Waals surface area contributed by atoms with Crippen LogP contribution in [0, 0.1) is 0 Å². The van der Waals surface area contributed by atoms with Crippen LogP contribution in [0.4, 0.5) is 13.2 Å². The first kappa shape index (κ1) is 12.6. The maximum atomic E-state index is 11.9. The van der Waals surface area contributed by atoms with Crippen molar-refractivity contribution in [3.05, 3.63) is 23.0 Å². The Balaban J connectivity index is 3.04. The molecule has 1 rings (SSSR count). The van der Waals surface area contributed by atoms with Crippen LogP contribution in [-0.2, 0) is 4.74 Å². The van der Waals surface area contributed by atoms with Crippen molar-refractivity contribution in [3.8, 4) is 5.75 Å². The average molecular weight is 256 g/mol. The quantitative estimate of drug-likeness (QED) is 0.762. The number of alkyl halides is 3. The van der Waals surface area contributed by atoms with Gasteiger partial charge in [-0.25, -0.2) is 9.78 Å². The molecule has 16 heavy (non-hydrogen) atoms. The van der Waals surface area contributed by atoms with Gasteiger partial charge in [0.05, 0.1) is 13.3 Å². The first-order valence-corrected chi connectivity index (χ1v) is 4.21. The van der Waals surface area contributed by atoms with Crippen LogP contribution in [0.5, 0.6) is 5.75 Å². The zero-order valence-electron chi connectivity index (χ0n) is 7.84. The van der Waals surface area contributed by atoms with E-state index < -0.39 is 18.1 Å². The van der Waals surface area contributed by atoms with Crippen molar-refractivity contribution in [2.24, 2.45) is 0 Å². The lowest BCUT2D eigenvalue weighted by Gasteiger charge is -2.10. The lowest BCUT2D eigenvalue weighted by atomic mass is 10.3. The summed E-state index contributed by atoms with van der Waals surface area (Å²) in [5, 5.41) is -0.357. The fourth-order valence-electron chi connectivity index (χ4n) is 0.839. The molecule has 1 heterocycles. The Labute approximate surface area is 92.9 Å². The topological polar surface area (TPSA) is 48.4 Å². The number of esters is 1. The molecular formula is C8H5ClF3NO3. The second-order valence-electron chi connectivity index (χ2n) is 2.54. The number of pyridine rings is 1. The first-order chi connectivity index (χ1) is 7.33. The van der Waals surface area contributed by atoms with Crippen LogP contribution in [0.15, 0.2) is 12.3 Å². The van der Waals surface area contributed by atoms with Gasteiger partial charge in [0.15, 0.2) is 11.4 Å². The predicted molar refractivity (Wildman–Crippen MR) is 47.3 cm³/mol. The summed E-state index contributed by atoms with van der Waals surface area (Å²) in [6.07, 6.45) is -4.02. The molecule has 0 saturated carbocycles. The molecule has 1 aromatic heterocycles. The van der Waals surface area contributed by atoms with Gasteiger partial charge in [-0.1, -0.05) is 11.6 Å². The van der Waals surface area contributed by atoms with E-state index in [0.717, 1.165) is 19.4 Å². The molecule has 0 aliphatic rings. The van der Waals surface area contributed by atoms with Gasteiger partial charge in [-0.3, -0.25) is 0 Å². The Kier molecular flexibility index (Phi) is 3.58. The molecule has 0 unspecified atom stereocenters. The second-order valence-corrected chi connectivity index (χ2v) is 2.95. The molecule has 0 aliphatic carbocycles. The number of ether oxygens (including phenoxy) is 2. The zero-order chi connectivity index (χ0) is 12.3. The van der Waals surface area contributed by atoms with Gasteiger partial charge in [-0.15, -0.1) is 13.2 Å². The summed E-state index contributed by atoms with van der Waals surface area (Å²) in [6.45, 7) is 0. The van der Waals surface area contributed by atoms with E-state index in [2.05, 4.69) is 14.5 Å². The summed E-state index contributed by atoms with van der Waals surface area (Å²) in [6, 6.07) is 0.752. The molecule has 1 aromatic rings. The molecule has 4 nitrogen and oxygen atoms in total. The first-order valence-electron chi connectivity index (χ1n) is 3.83. The number of rotatable bonds is 2. The third-order valence-electron chi connectivity index (χ3n) is 1.44. The molecule has 0 amide bonds. The largest absolute Gasteiger partial charge is 0.573 e. The number of hydrogen-bond donors (Lipinski definition) is 0. The molecule has 0 bridgehead atoms. The van der Waals surface area contributed by atoms with E-state index in [1.807, 2.05) is 0 Å². The van der Waals surface area contributed by atoms with Gasteiger partial charge in [-0.05, 0) is 0 Å². The zero-order valence-corrected chi connectivity index (χ0v) is 8.59. The van der Waals surface area contributed by atoms with Crippen LogP contribution < -0.4 is 4.74 Å². The molecule has 88 valence electrons. The molecule has 0 fully saturated rings. The van der Waals surface area contributed by atoms with Crippen LogP contribution in [0.1, 0.15) is 10.5 Å². The fraction of sp³-hybridized carbons (Fsp3) is 0.250. The maximum Gasteiger partial charge on any atom is 0.573 e. The maximum absolute atomic E-state index is 11.9. The Morgan fingerprint density at radius 3 is 2.62 bits per heavy atom. The summed E-state index contributed by atoms with van der Waals surface area (Å²) < 4.78 is 43.6. The average Bonchev–Trinajstić information content (AvgIpc) is 2.18. The lowest BCUT2D eigenvalue weighted by Crippen LogP contribution is -2.18. The minimum absolute atomic E-state index is 0.328. The van der Waals surface area contributed by atoms with E-state index in [1.165, 1.54) is 0 Å². The Bertz CT molecular complexity index is 408. The fourth-order valence-corrected chi connectivity index (χ4v) is 0.981. The third kappa shape index (κ3) is 3.27. The number of carbonyl (C=O) groups is 1. The van der Waals surface area contributed by atoms with Gasteiger partial charge in [0, 0.05) is 6.07 Å². The predicted octanol–water partition coefficient (Wildman–Crippen LogP) is 2.42. The van der Waals surface area contributed by atoms with Crippen LogP contribution in [-0.4, -0.2) is 24.4 Å². The molecule has 0 N–H and O–H groups in total. The number of hydrogen-bond acceptors (Lipinski definition) is 4. The molecule has 0 atom stereocenters. The Morgan fingerprint density at radius 1 is 1.50 bits per heavy atom. The lowest BCUT2D eigenvalue weighted by molar-refractivity contribution is -0.274. The van der Waals surface area contributed by atoms with Crippen molar-refractivity contribution >= 4 is 17.6 Å². The van der Waals surface area contributed by atoms with Crippen molar-refractivity contribution in [1.82, 2.24) is 4.98 Å². The van der Waals surface area contributed by atoms with Gasteiger partial charge >= 0.3 is 12.3 Å². The summed E-state index contributed by atoms with van der Waals surface area (Å²) >= 11 is 5.41. The van der Waals surface area contributed by atoms with Gasteiger partial charge in [0.1, 0.15) is 5.02 Å². The van der Waals surface area contributed by atoms with Gasteiger partial charge in [-0.2, -0.15) is 0 Å². The third-order valence-corrected chi connectivity index (χ3v) is 1.72. The highest BCUT2D eigenvalue weighted by atomic mass is 35.5. The van der Waals surface area contributed by atoms with E-state index in [1.54, 1.807) is 0 Å². The molecule has 0 aliphatic heterocycles. The van der Waals surface area contributed by atoms with E-state index >= 15 is 0 Å². The van der Waals surface area contributed by atoms with Crippen molar-refractivity contribution in [1.29, 1.82) is 0 Å². The molecular weight excluding hydrogens is 251 g/mol.